The Balaban J connectivity index is 0. The minimum atomic E-state index is -5.39. The Morgan fingerprint density at radius 1 is 1.50 bits per heavy atom. The molecule has 84 valence electrons. The van der Waals surface area contributed by atoms with E-state index in [9.17, 15) is 4.79 Å². The second-order valence-electron chi connectivity index (χ2n) is 2.09. The number of hydrogen-bond acceptors (Lipinski definition) is 7. The van der Waals surface area contributed by atoms with Crippen LogP contribution in [0.15, 0.2) is 12.2 Å². The van der Waals surface area contributed by atoms with Crippen molar-refractivity contribution in [3.8, 4) is 0 Å². The number of ether oxygens (including phenoxy) is 1. The van der Waals surface area contributed by atoms with Crippen LogP contribution in [0.2, 0.25) is 0 Å². The van der Waals surface area contributed by atoms with Crippen molar-refractivity contribution in [1.29, 1.82) is 0 Å². The van der Waals surface area contributed by atoms with Crippen molar-refractivity contribution in [3.05, 3.63) is 12.2 Å². The predicted molar refractivity (Wildman–Crippen MR) is 40.5 cm³/mol. The second-order valence-corrected chi connectivity index (χ2v) is 2.98. The van der Waals surface area contributed by atoms with Gasteiger partial charge in [-0.15, -0.1) is 0 Å². The molecule has 1 N–H and O–H groups in total. The number of esters is 1. The maximum Gasteiger partial charge on any atom is 0.333 e. The Morgan fingerprint density at radius 2 is 1.86 bits per heavy atom. The zero-order chi connectivity index (χ0) is 11.8. The summed E-state index contributed by atoms with van der Waals surface area (Å²) in [5.74, 6) is -0.455. The van der Waals surface area contributed by atoms with Gasteiger partial charge in [-0.1, -0.05) is 6.58 Å². The zero-order valence-electron chi connectivity index (χ0n) is 7.47. The molecule has 0 aliphatic rings. The molecule has 0 unspecified atom stereocenters. The lowest BCUT2D eigenvalue weighted by atomic mass is 10.4. The van der Waals surface area contributed by atoms with E-state index in [0.29, 0.717) is 5.57 Å². The third kappa shape index (κ3) is 22.5. The molecule has 8 heteroatoms. The van der Waals surface area contributed by atoms with E-state index in [1.807, 2.05) is 0 Å². The van der Waals surface area contributed by atoms with Crippen molar-refractivity contribution in [2.45, 2.75) is 6.92 Å². The molecule has 0 rings (SSSR count). The maximum atomic E-state index is 10.5. The van der Waals surface area contributed by atoms with Crippen LogP contribution in [0.25, 0.3) is 0 Å². The van der Waals surface area contributed by atoms with Crippen LogP contribution in [0.3, 0.4) is 0 Å². The van der Waals surface area contributed by atoms with E-state index >= 15 is 0 Å². The lowest BCUT2D eigenvalue weighted by Crippen LogP contribution is -2.24. The molecule has 0 radical (unpaired) electrons. The summed E-state index contributed by atoms with van der Waals surface area (Å²) < 4.78 is 13.0. The summed E-state index contributed by atoms with van der Waals surface area (Å²) in [7, 11) is -5.39. The quantitative estimate of drug-likeness (QED) is 0.313. The van der Waals surface area contributed by atoms with Crippen molar-refractivity contribution >= 4 is 13.8 Å². The molecule has 0 amide bonds. The molecule has 0 aliphatic carbocycles. The minimum Gasteiger partial charge on any atom is -0.822 e. The highest BCUT2D eigenvalue weighted by Gasteiger charge is 1.99. The van der Waals surface area contributed by atoms with Gasteiger partial charge in [-0.2, -0.15) is 7.82 Å². The fourth-order valence-electron chi connectivity index (χ4n) is 0.262. The molecule has 0 aromatic rings. The minimum absolute atomic E-state index is 0.0473. The first-order valence-electron chi connectivity index (χ1n) is 3.35. The van der Waals surface area contributed by atoms with Crippen LogP contribution in [0.4, 0.5) is 0 Å². The summed E-state index contributed by atoms with van der Waals surface area (Å²) in [5.41, 5.74) is 0.350. The van der Waals surface area contributed by atoms with E-state index in [4.69, 9.17) is 24.4 Å². The molecule has 0 spiro atoms. The van der Waals surface area contributed by atoms with E-state index in [1.54, 1.807) is 6.92 Å². The van der Waals surface area contributed by atoms with E-state index in [-0.39, 0.29) is 13.2 Å². The van der Waals surface area contributed by atoms with Gasteiger partial charge in [0.25, 0.3) is 0 Å². The molecule has 0 fully saturated rings. The standard InChI is InChI=1S/C6H10O3.H3O4P/c1-5(2)6(8)9-4-3-7;1-5(2,3)4/h7H,1,3-4H2,2H3;(H3,1,2,3,4)/p-3. The highest BCUT2D eigenvalue weighted by molar-refractivity contribution is 7.40. The molecule has 0 bridgehead atoms. The monoisotopic (exact) mass is 225 g/mol. The molecule has 0 aromatic heterocycles. The molecule has 7 nitrogen and oxygen atoms in total. The van der Waals surface area contributed by atoms with Gasteiger partial charge in [0.15, 0.2) is 0 Å². The van der Waals surface area contributed by atoms with Crippen molar-refractivity contribution < 1.29 is 33.9 Å². The average molecular weight is 225 g/mol. The number of aliphatic hydroxyl groups excluding tert-OH is 1. The molecule has 0 heterocycles. The summed E-state index contributed by atoms with van der Waals surface area (Å²) in [5, 5.41) is 8.19. The van der Waals surface area contributed by atoms with E-state index in [2.05, 4.69) is 11.3 Å². The van der Waals surface area contributed by atoms with Crippen LogP contribution in [0, 0.1) is 0 Å². The van der Waals surface area contributed by atoms with Gasteiger partial charge in [-0.3, -0.25) is 0 Å². The lowest BCUT2D eigenvalue weighted by molar-refractivity contribution is -0.432. The number of carbonyl (C=O) groups is 1. The predicted octanol–water partition coefficient (Wildman–Crippen LogP) is -2.73. The zero-order valence-corrected chi connectivity index (χ0v) is 8.36. The SMILES string of the molecule is C=C(C)C(=O)OCCO.O=P([O-])([O-])[O-]. The highest BCUT2D eigenvalue weighted by atomic mass is 31.2. The van der Waals surface area contributed by atoms with Crippen LogP contribution >= 0.6 is 7.82 Å². The van der Waals surface area contributed by atoms with Crippen LogP contribution < -0.4 is 14.7 Å². The van der Waals surface area contributed by atoms with Gasteiger partial charge in [0, 0.05) is 5.57 Å². The van der Waals surface area contributed by atoms with Gasteiger partial charge < -0.3 is 29.1 Å². The third-order valence-corrected chi connectivity index (χ3v) is 0.673. The molecular formula is C6H10O7P-3. The molecule has 0 atom stereocenters. The summed E-state index contributed by atoms with van der Waals surface area (Å²) in [6.45, 7) is 4.81. The largest absolute Gasteiger partial charge is 0.822 e. The Hall–Kier alpha value is -0.720. The average Bonchev–Trinajstić information content (AvgIpc) is 1.96. The summed E-state index contributed by atoms with van der Waals surface area (Å²) >= 11 is 0. The van der Waals surface area contributed by atoms with Crippen LogP contribution in [0.1, 0.15) is 6.92 Å². The third-order valence-electron chi connectivity index (χ3n) is 0.673. The first-order valence-corrected chi connectivity index (χ1v) is 4.81. The Labute approximate surface area is 80.9 Å². The van der Waals surface area contributed by atoms with Crippen molar-refractivity contribution in [2.24, 2.45) is 0 Å². The number of phosphoric acid groups is 1. The summed E-state index contributed by atoms with van der Waals surface area (Å²) in [6.07, 6.45) is 0. The van der Waals surface area contributed by atoms with Gasteiger partial charge >= 0.3 is 5.97 Å². The van der Waals surface area contributed by atoms with Crippen molar-refractivity contribution in [3.63, 3.8) is 0 Å². The summed E-state index contributed by atoms with van der Waals surface area (Å²) in [6, 6.07) is 0. The second kappa shape index (κ2) is 7.66. The van der Waals surface area contributed by atoms with Crippen LogP contribution in [0.5, 0.6) is 0 Å². The lowest BCUT2D eigenvalue weighted by Gasteiger charge is -2.36. The number of aliphatic hydroxyl groups is 1. The van der Waals surface area contributed by atoms with Crippen LogP contribution in [-0.2, 0) is 14.1 Å². The maximum absolute atomic E-state index is 10.5. The van der Waals surface area contributed by atoms with Gasteiger partial charge in [0.2, 0.25) is 0 Å². The van der Waals surface area contributed by atoms with Crippen molar-refractivity contribution in [1.82, 2.24) is 0 Å². The Morgan fingerprint density at radius 3 is 2.07 bits per heavy atom. The van der Waals surface area contributed by atoms with Gasteiger partial charge in [-0.05, 0) is 6.92 Å². The Bertz CT molecular complexity index is 222. The molecule has 0 saturated heterocycles. The Kier molecular flexibility index (Phi) is 8.61. The molecule has 0 saturated carbocycles. The summed E-state index contributed by atoms with van der Waals surface area (Å²) in [4.78, 5) is 36.1. The number of rotatable bonds is 3. The topological polar surface area (TPSA) is 133 Å². The van der Waals surface area contributed by atoms with Crippen LogP contribution in [-0.4, -0.2) is 24.3 Å². The number of carbonyl (C=O) groups excluding carboxylic acids is 1. The molecule has 0 aromatic carbocycles. The molecule has 14 heavy (non-hydrogen) atoms. The van der Waals surface area contributed by atoms with E-state index < -0.39 is 13.8 Å². The first kappa shape index (κ1) is 15.7. The highest BCUT2D eigenvalue weighted by Crippen LogP contribution is 2.03. The fourth-order valence-corrected chi connectivity index (χ4v) is 0.262. The van der Waals surface area contributed by atoms with Crippen molar-refractivity contribution in [2.75, 3.05) is 13.2 Å². The molecule has 0 aliphatic heterocycles. The van der Waals surface area contributed by atoms with Gasteiger partial charge in [-0.25, -0.2) is 4.79 Å². The molecular weight excluding hydrogens is 215 g/mol. The first-order chi connectivity index (χ1) is 6.18. The normalized spacial score (nSPS) is 9.79. The van der Waals surface area contributed by atoms with E-state index in [0.717, 1.165) is 0 Å². The number of hydrogen-bond donors (Lipinski definition) is 1. The fraction of sp³-hybridized carbons (Fsp3) is 0.500. The van der Waals surface area contributed by atoms with Gasteiger partial charge in [0.05, 0.1) is 6.61 Å². The van der Waals surface area contributed by atoms with E-state index in [1.165, 1.54) is 0 Å². The smallest absolute Gasteiger partial charge is 0.333 e. The van der Waals surface area contributed by atoms with Gasteiger partial charge in [0.1, 0.15) is 6.61 Å².